The van der Waals surface area contributed by atoms with Gasteiger partial charge in [-0.1, -0.05) is 26.0 Å². The number of hydrogen-bond donors (Lipinski definition) is 0. The summed E-state index contributed by atoms with van der Waals surface area (Å²) < 4.78 is 29.7. The number of rotatable bonds is 9. The summed E-state index contributed by atoms with van der Waals surface area (Å²) in [6, 6.07) is 7.82. The standard InChI is InChI=1S/C28H40O8/c1-18-6-12-23-19(2)25(33-26-28(23)22(18)14-15-27(3,34-26)35-36-28)32-17-5-16-31-21-10-7-20(8-11-21)9-13-24(29)30-4/h7-8,10-11,18-19,22-23,25-26H,5-6,9,12-17H2,1-4H3/t18-,19-,22?,23+,25+,26-,27-,28-/m1/s1. The highest BCUT2D eigenvalue weighted by Crippen LogP contribution is 2.60. The van der Waals surface area contributed by atoms with Gasteiger partial charge in [-0.2, -0.15) is 0 Å². The van der Waals surface area contributed by atoms with Gasteiger partial charge >= 0.3 is 5.97 Å². The third kappa shape index (κ3) is 4.90. The first-order valence-corrected chi connectivity index (χ1v) is 13.4. The molecular formula is C28H40O8. The fraction of sp³-hybridized carbons (Fsp3) is 0.750. The minimum absolute atomic E-state index is 0.171. The van der Waals surface area contributed by atoms with Crippen LogP contribution in [0.5, 0.6) is 5.75 Å². The Morgan fingerprint density at radius 1 is 1.06 bits per heavy atom. The molecule has 1 aromatic carbocycles. The number of esters is 1. The molecule has 2 bridgehead atoms. The number of carbonyl (C=O) groups excluding carboxylic acids is 1. The Bertz CT molecular complexity index is 905. The Morgan fingerprint density at radius 2 is 1.86 bits per heavy atom. The van der Waals surface area contributed by atoms with Crippen LogP contribution in [0, 0.1) is 23.7 Å². The molecule has 6 rings (SSSR count). The Balaban J connectivity index is 1.12. The van der Waals surface area contributed by atoms with Crippen molar-refractivity contribution in [2.75, 3.05) is 20.3 Å². The summed E-state index contributed by atoms with van der Waals surface area (Å²) in [4.78, 5) is 23.4. The van der Waals surface area contributed by atoms with Crippen LogP contribution in [0.1, 0.15) is 64.9 Å². The number of methoxy groups -OCH3 is 1. The number of ether oxygens (including phenoxy) is 5. The largest absolute Gasteiger partial charge is 0.494 e. The summed E-state index contributed by atoms with van der Waals surface area (Å²) in [6.45, 7) is 7.54. The van der Waals surface area contributed by atoms with Gasteiger partial charge in [-0.3, -0.25) is 4.79 Å². The molecule has 5 aliphatic rings. The highest BCUT2D eigenvalue weighted by molar-refractivity contribution is 5.69. The zero-order valence-corrected chi connectivity index (χ0v) is 21.9. The van der Waals surface area contributed by atoms with Gasteiger partial charge in [0.1, 0.15) is 5.75 Å². The molecule has 8 atom stereocenters. The molecule has 0 radical (unpaired) electrons. The molecule has 8 nitrogen and oxygen atoms in total. The Hall–Kier alpha value is -1.71. The van der Waals surface area contributed by atoms with Crippen LogP contribution in [0.3, 0.4) is 0 Å². The topological polar surface area (TPSA) is 81.7 Å². The van der Waals surface area contributed by atoms with Crippen LogP contribution in [0.25, 0.3) is 0 Å². The molecule has 4 saturated heterocycles. The Kier molecular flexibility index (Phi) is 7.61. The van der Waals surface area contributed by atoms with Crippen molar-refractivity contribution >= 4 is 5.97 Å². The lowest BCUT2D eigenvalue weighted by Gasteiger charge is -2.60. The lowest BCUT2D eigenvalue weighted by atomic mass is 9.58. The van der Waals surface area contributed by atoms with Crippen LogP contribution in [0.15, 0.2) is 24.3 Å². The maximum Gasteiger partial charge on any atom is 0.305 e. The van der Waals surface area contributed by atoms with E-state index in [0.717, 1.165) is 37.0 Å². The normalized spacial score (nSPS) is 39.2. The minimum Gasteiger partial charge on any atom is -0.494 e. The van der Waals surface area contributed by atoms with E-state index in [4.69, 9.17) is 33.5 Å². The molecule has 4 heterocycles. The van der Waals surface area contributed by atoms with Crippen molar-refractivity contribution in [2.45, 2.75) is 89.7 Å². The lowest BCUT2D eigenvalue weighted by molar-refractivity contribution is -0.577. The van der Waals surface area contributed by atoms with E-state index in [9.17, 15) is 4.79 Å². The second-order valence-corrected chi connectivity index (χ2v) is 11.1. The van der Waals surface area contributed by atoms with Crippen LogP contribution < -0.4 is 4.74 Å². The van der Waals surface area contributed by atoms with E-state index in [-0.39, 0.29) is 24.1 Å². The molecule has 1 aromatic rings. The summed E-state index contributed by atoms with van der Waals surface area (Å²) in [7, 11) is 1.41. The highest BCUT2D eigenvalue weighted by atomic mass is 17.3. The van der Waals surface area contributed by atoms with Gasteiger partial charge in [0.25, 0.3) is 0 Å². The summed E-state index contributed by atoms with van der Waals surface area (Å²) in [5, 5.41) is 0. The number of benzene rings is 1. The van der Waals surface area contributed by atoms with Gasteiger partial charge in [0.2, 0.25) is 5.79 Å². The molecule has 0 amide bonds. The molecule has 1 saturated carbocycles. The van der Waals surface area contributed by atoms with E-state index in [1.54, 1.807) is 0 Å². The third-order valence-electron chi connectivity index (χ3n) is 8.71. The lowest BCUT2D eigenvalue weighted by Crippen LogP contribution is -2.70. The predicted molar refractivity (Wildman–Crippen MR) is 130 cm³/mol. The highest BCUT2D eigenvalue weighted by Gasteiger charge is 2.69. The van der Waals surface area contributed by atoms with E-state index in [0.29, 0.717) is 37.9 Å². The smallest absolute Gasteiger partial charge is 0.305 e. The second kappa shape index (κ2) is 10.6. The molecule has 200 valence electrons. The van der Waals surface area contributed by atoms with Gasteiger partial charge in [0.05, 0.1) is 20.3 Å². The molecule has 0 N–H and O–H groups in total. The SMILES string of the molecule is COC(=O)CCc1ccc(OCCCO[C@H]2O[C@@H]3O[C@@]4(C)CCC5[C@H](C)CC[C@@H]([C@H]2C)[C@]53OO4)cc1. The van der Waals surface area contributed by atoms with Crippen molar-refractivity contribution in [3.05, 3.63) is 29.8 Å². The zero-order valence-electron chi connectivity index (χ0n) is 21.9. The fourth-order valence-electron chi connectivity index (χ4n) is 6.61. The summed E-state index contributed by atoms with van der Waals surface area (Å²) in [5.41, 5.74) is 0.522. The quantitative estimate of drug-likeness (QED) is 0.270. The van der Waals surface area contributed by atoms with E-state index in [1.165, 1.54) is 13.5 Å². The van der Waals surface area contributed by atoms with E-state index in [1.807, 2.05) is 31.2 Å². The van der Waals surface area contributed by atoms with Crippen LogP contribution in [-0.2, 0) is 39.9 Å². The zero-order chi connectivity index (χ0) is 25.3. The Morgan fingerprint density at radius 3 is 2.64 bits per heavy atom. The number of hydrogen-bond acceptors (Lipinski definition) is 8. The first-order chi connectivity index (χ1) is 17.3. The molecule has 8 heteroatoms. The average molecular weight is 505 g/mol. The van der Waals surface area contributed by atoms with Crippen LogP contribution in [0.4, 0.5) is 0 Å². The van der Waals surface area contributed by atoms with Crippen molar-refractivity contribution in [2.24, 2.45) is 23.7 Å². The predicted octanol–water partition coefficient (Wildman–Crippen LogP) is 4.79. The number of fused-ring (bicyclic) bond motifs is 2. The molecule has 36 heavy (non-hydrogen) atoms. The molecule has 1 spiro atoms. The monoisotopic (exact) mass is 504 g/mol. The molecule has 0 aromatic heterocycles. The maximum absolute atomic E-state index is 11.3. The molecule has 1 unspecified atom stereocenters. The van der Waals surface area contributed by atoms with Crippen molar-refractivity contribution in [3.8, 4) is 5.75 Å². The van der Waals surface area contributed by atoms with Crippen molar-refractivity contribution in [1.82, 2.24) is 0 Å². The van der Waals surface area contributed by atoms with Gasteiger partial charge in [0, 0.05) is 31.1 Å². The Labute approximate surface area is 213 Å². The molecule has 5 fully saturated rings. The van der Waals surface area contributed by atoms with E-state index >= 15 is 0 Å². The van der Waals surface area contributed by atoms with Crippen LogP contribution >= 0.6 is 0 Å². The number of aryl methyl sites for hydroxylation is 1. The number of carbonyl (C=O) groups is 1. The summed E-state index contributed by atoms with van der Waals surface area (Å²) in [5.74, 6) is 1.16. The minimum atomic E-state index is -0.772. The molecule has 4 aliphatic heterocycles. The van der Waals surface area contributed by atoms with Gasteiger partial charge in [-0.15, -0.1) is 0 Å². The van der Waals surface area contributed by atoms with Crippen molar-refractivity contribution in [1.29, 1.82) is 0 Å². The second-order valence-electron chi connectivity index (χ2n) is 11.1. The fourth-order valence-corrected chi connectivity index (χ4v) is 6.61. The van der Waals surface area contributed by atoms with Gasteiger partial charge in [-0.05, 0) is 62.1 Å². The van der Waals surface area contributed by atoms with E-state index in [2.05, 4.69) is 13.8 Å². The average Bonchev–Trinajstić information content (AvgIpc) is 3.11. The van der Waals surface area contributed by atoms with Crippen molar-refractivity contribution in [3.63, 3.8) is 0 Å². The maximum atomic E-state index is 11.3. The third-order valence-corrected chi connectivity index (χ3v) is 8.71. The van der Waals surface area contributed by atoms with Gasteiger partial charge in [-0.25, -0.2) is 9.78 Å². The van der Waals surface area contributed by atoms with Gasteiger partial charge in [0.15, 0.2) is 18.2 Å². The van der Waals surface area contributed by atoms with Crippen LogP contribution in [-0.4, -0.2) is 50.3 Å². The van der Waals surface area contributed by atoms with Crippen LogP contribution in [0.2, 0.25) is 0 Å². The van der Waals surface area contributed by atoms with E-state index < -0.39 is 17.7 Å². The summed E-state index contributed by atoms with van der Waals surface area (Å²) >= 11 is 0. The molecular weight excluding hydrogens is 464 g/mol. The first-order valence-electron chi connectivity index (χ1n) is 13.4. The van der Waals surface area contributed by atoms with Gasteiger partial charge < -0.3 is 23.7 Å². The molecule has 1 aliphatic carbocycles. The first kappa shape index (κ1) is 25.9. The van der Waals surface area contributed by atoms with Crippen molar-refractivity contribution < 1.29 is 38.3 Å². The summed E-state index contributed by atoms with van der Waals surface area (Å²) in [6.07, 6.45) is 5.01.